The van der Waals surface area contributed by atoms with E-state index in [0.29, 0.717) is 23.1 Å². The number of methoxy groups -OCH3 is 1. The summed E-state index contributed by atoms with van der Waals surface area (Å²) >= 11 is 5.90. The highest BCUT2D eigenvalue weighted by Crippen LogP contribution is 2.28. The molecule has 0 fully saturated rings. The molecular weight excluding hydrogens is 402 g/mol. The first kappa shape index (κ1) is 21.2. The highest BCUT2D eigenvalue weighted by molar-refractivity contribution is 6.30. The van der Waals surface area contributed by atoms with Crippen molar-refractivity contribution in [3.63, 3.8) is 0 Å². The van der Waals surface area contributed by atoms with E-state index < -0.39 is 0 Å². The third-order valence-electron chi connectivity index (χ3n) is 4.13. The van der Waals surface area contributed by atoms with Crippen LogP contribution < -0.4 is 20.2 Å². The molecule has 0 aromatic heterocycles. The summed E-state index contributed by atoms with van der Waals surface area (Å²) in [4.78, 5) is 11.9. The Morgan fingerprint density at radius 3 is 2.53 bits per heavy atom. The number of anilines is 1. The molecule has 0 saturated carbocycles. The molecule has 30 heavy (non-hydrogen) atoms. The number of para-hydroxylation sites is 1. The Kier molecular flexibility index (Phi) is 7.69. The van der Waals surface area contributed by atoms with Crippen molar-refractivity contribution in [2.24, 2.45) is 5.10 Å². The summed E-state index contributed by atoms with van der Waals surface area (Å²) in [5, 5.41) is 7.69. The Hall–Kier alpha value is -3.51. The average Bonchev–Trinajstić information content (AvgIpc) is 2.78. The summed E-state index contributed by atoms with van der Waals surface area (Å²) in [6.45, 7) is 0.521. The first-order chi connectivity index (χ1) is 14.6. The number of amides is 1. The number of nitrogens with one attached hydrogen (secondary N) is 2. The van der Waals surface area contributed by atoms with Crippen LogP contribution in [0.2, 0.25) is 5.02 Å². The highest BCUT2D eigenvalue weighted by Gasteiger charge is 2.06. The molecule has 0 aliphatic rings. The lowest BCUT2D eigenvalue weighted by Gasteiger charge is -2.11. The number of hydrogen-bond acceptors (Lipinski definition) is 5. The van der Waals surface area contributed by atoms with E-state index in [2.05, 4.69) is 15.8 Å². The molecule has 0 spiro atoms. The van der Waals surface area contributed by atoms with Crippen LogP contribution in [0, 0.1) is 0 Å². The molecular formula is C23H22ClN3O3. The van der Waals surface area contributed by atoms with Crippen molar-refractivity contribution in [3.8, 4) is 11.5 Å². The van der Waals surface area contributed by atoms with Gasteiger partial charge in [0.25, 0.3) is 5.91 Å². The van der Waals surface area contributed by atoms with Gasteiger partial charge in [0.2, 0.25) is 0 Å². The van der Waals surface area contributed by atoms with Crippen molar-refractivity contribution in [1.29, 1.82) is 0 Å². The van der Waals surface area contributed by atoms with Crippen LogP contribution in [0.1, 0.15) is 11.1 Å². The second kappa shape index (κ2) is 10.9. The van der Waals surface area contributed by atoms with E-state index in [-0.39, 0.29) is 12.5 Å². The number of hydrazone groups is 1. The van der Waals surface area contributed by atoms with Crippen molar-refractivity contribution in [2.75, 3.05) is 19.0 Å². The lowest BCUT2D eigenvalue weighted by molar-refractivity contribution is -0.119. The Labute approximate surface area is 180 Å². The van der Waals surface area contributed by atoms with Crippen LogP contribution >= 0.6 is 11.6 Å². The van der Waals surface area contributed by atoms with Crippen LogP contribution in [-0.2, 0) is 11.4 Å². The Morgan fingerprint density at radius 2 is 1.80 bits per heavy atom. The molecule has 7 heteroatoms. The minimum Gasteiger partial charge on any atom is -0.493 e. The van der Waals surface area contributed by atoms with E-state index in [1.54, 1.807) is 25.5 Å². The van der Waals surface area contributed by atoms with Gasteiger partial charge in [-0.3, -0.25) is 4.79 Å². The van der Waals surface area contributed by atoms with E-state index >= 15 is 0 Å². The maximum atomic E-state index is 11.9. The molecule has 0 heterocycles. The minimum absolute atomic E-state index is 0.127. The number of carbonyl (C=O) groups excluding carboxylic acids is 1. The van der Waals surface area contributed by atoms with Gasteiger partial charge in [-0.25, -0.2) is 5.43 Å². The molecule has 0 radical (unpaired) electrons. The zero-order valence-electron chi connectivity index (χ0n) is 16.5. The van der Waals surface area contributed by atoms with Gasteiger partial charge in [0, 0.05) is 10.7 Å². The van der Waals surface area contributed by atoms with Crippen LogP contribution in [0.3, 0.4) is 0 Å². The summed E-state index contributed by atoms with van der Waals surface area (Å²) < 4.78 is 11.2. The zero-order valence-corrected chi connectivity index (χ0v) is 17.2. The largest absolute Gasteiger partial charge is 0.493 e. The molecule has 154 valence electrons. The Balaban J connectivity index is 1.52. The smallest absolute Gasteiger partial charge is 0.259 e. The van der Waals surface area contributed by atoms with Gasteiger partial charge in [0.05, 0.1) is 19.9 Å². The van der Waals surface area contributed by atoms with Crippen LogP contribution in [0.25, 0.3) is 0 Å². The van der Waals surface area contributed by atoms with Crippen LogP contribution in [-0.4, -0.2) is 25.8 Å². The average molecular weight is 424 g/mol. The fraction of sp³-hybridized carbons (Fsp3) is 0.130. The summed E-state index contributed by atoms with van der Waals surface area (Å²) in [6, 6.07) is 22.4. The van der Waals surface area contributed by atoms with E-state index in [4.69, 9.17) is 21.1 Å². The molecule has 0 bridgehead atoms. The Bertz CT molecular complexity index is 992. The van der Waals surface area contributed by atoms with Crippen molar-refractivity contribution < 1.29 is 14.3 Å². The van der Waals surface area contributed by atoms with Crippen molar-refractivity contribution in [3.05, 3.63) is 88.9 Å². The van der Waals surface area contributed by atoms with E-state index in [0.717, 1.165) is 16.8 Å². The number of rotatable bonds is 9. The van der Waals surface area contributed by atoms with Gasteiger partial charge in [-0.1, -0.05) is 41.9 Å². The van der Waals surface area contributed by atoms with Crippen molar-refractivity contribution >= 4 is 29.4 Å². The van der Waals surface area contributed by atoms with Gasteiger partial charge in [-0.15, -0.1) is 0 Å². The first-order valence-electron chi connectivity index (χ1n) is 9.30. The number of carbonyl (C=O) groups is 1. The molecule has 2 N–H and O–H groups in total. The van der Waals surface area contributed by atoms with Crippen molar-refractivity contribution in [1.82, 2.24) is 5.43 Å². The number of benzene rings is 3. The van der Waals surface area contributed by atoms with E-state index in [9.17, 15) is 4.79 Å². The fourth-order valence-corrected chi connectivity index (χ4v) is 2.71. The van der Waals surface area contributed by atoms with E-state index in [1.807, 2.05) is 60.7 Å². The number of ether oxygens (including phenoxy) is 2. The molecule has 0 unspecified atom stereocenters. The third-order valence-corrected chi connectivity index (χ3v) is 4.38. The van der Waals surface area contributed by atoms with Gasteiger partial charge in [0.15, 0.2) is 11.5 Å². The molecule has 3 aromatic rings. The maximum Gasteiger partial charge on any atom is 0.259 e. The van der Waals surface area contributed by atoms with Crippen LogP contribution in [0.5, 0.6) is 11.5 Å². The highest BCUT2D eigenvalue weighted by atomic mass is 35.5. The van der Waals surface area contributed by atoms with Crippen LogP contribution in [0.15, 0.2) is 77.9 Å². The predicted octanol–water partition coefficient (Wildman–Crippen LogP) is 4.49. The first-order valence-corrected chi connectivity index (χ1v) is 9.68. The molecule has 6 nitrogen and oxygen atoms in total. The summed E-state index contributed by atoms with van der Waals surface area (Å²) in [7, 11) is 1.57. The monoisotopic (exact) mass is 423 g/mol. The second-order valence-electron chi connectivity index (χ2n) is 6.34. The number of hydrogen-bond donors (Lipinski definition) is 2. The number of nitrogens with zero attached hydrogens (tertiary/aromatic N) is 1. The van der Waals surface area contributed by atoms with Gasteiger partial charge < -0.3 is 14.8 Å². The molecule has 3 aromatic carbocycles. The lowest BCUT2D eigenvalue weighted by Crippen LogP contribution is -2.25. The third kappa shape index (κ3) is 6.53. The van der Waals surface area contributed by atoms with Crippen LogP contribution in [0.4, 0.5) is 5.69 Å². The molecule has 3 rings (SSSR count). The standard InChI is InChI=1S/C23H22ClN3O3/c1-29-22-13-18(9-12-21(22)30-16-17-7-10-19(24)11-8-17)14-26-27-23(28)15-25-20-5-3-2-4-6-20/h2-14,25H,15-16H2,1H3,(H,27,28)/b26-14-. The van der Waals surface area contributed by atoms with Gasteiger partial charge in [-0.2, -0.15) is 5.10 Å². The minimum atomic E-state index is -0.245. The summed E-state index contributed by atoms with van der Waals surface area (Å²) in [5.74, 6) is 0.940. The lowest BCUT2D eigenvalue weighted by atomic mass is 10.2. The number of halogens is 1. The predicted molar refractivity (Wildman–Crippen MR) is 119 cm³/mol. The quantitative estimate of drug-likeness (QED) is 0.393. The molecule has 0 saturated heterocycles. The SMILES string of the molecule is COc1cc(/C=N\NC(=O)CNc2ccccc2)ccc1OCc1ccc(Cl)cc1. The van der Waals surface area contributed by atoms with Gasteiger partial charge in [0.1, 0.15) is 6.61 Å². The maximum absolute atomic E-state index is 11.9. The Morgan fingerprint density at radius 1 is 1.03 bits per heavy atom. The van der Waals surface area contributed by atoms with Gasteiger partial charge in [-0.05, 0) is 53.6 Å². The van der Waals surface area contributed by atoms with E-state index in [1.165, 1.54) is 0 Å². The summed E-state index contributed by atoms with van der Waals surface area (Å²) in [6.07, 6.45) is 1.55. The molecule has 1 amide bonds. The van der Waals surface area contributed by atoms with Crippen molar-refractivity contribution in [2.45, 2.75) is 6.61 Å². The zero-order chi connectivity index (χ0) is 21.2. The molecule has 0 aliphatic heterocycles. The fourth-order valence-electron chi connectivity index (χ4n) is 2.58. The second-order valence-corrected chi connectivity index (χ2v) is 6.77. The summed E-state index contributed by atoms with van der Waals surface area (Å²) in [5.41, 5.74) is 5.13. The molecule has 0 atom stereocenters. The normalized spacial score (nSPS) is 10.6. The molecule has 0 aliphatic carbocycles. The van der Waals surface area contributed by atoms with Gasteiger partial charge >= 0.3 is 0 Å². The topological polar surface area (TPSA) is 72.0 Å².